The summed E-state index contributed by atoms with van der Waals surface area (Å²) >= 11 is 0. The molecule has 8 aliphatic rings. The standard InChI is InChI=1S/C42H46O5/c1-25-6-4-8-28-15-33(14-27(3)10-11-30-19-38(45)31(12-25)20-37(30)44)41(24-43)22-35-17-29-9-5-7-26(2)13-32-21-39(46)42(35,23-34(41)16-28)36(18-29)40(32)47/h6-7,10,15,17,19-21,24,33-36H,4-5,8-9,11-14,16,18,22-23H2,1-3H3/b25-6-,26-7-,27-10-/t33-,34+,35+,36-,41-,42-/m1/s1. The van der Waals surface area contributed by atoms with Gasteiger partial charge in [-0.15, -0.1) is 0 Å². The van der Waals surface area contributed by atoms with E-state index >= 15 is 0 Å². The molecule has 8 rings (SSSR count). The highest BCUT2D eigenvalue weighted by Crippen LogP contribution is 2.66. The van der Waals surface area contributed by atoms with Crippen molar-refractivity contribution in [3.8, 4) is 0 Å². The number of hydrogen-bond acceptors (Lipinski definition) is 5. The molecule has 0 unspecified atom stereocenters. The Balaban J connectivity index is 1.30. The fourth-order valence-electron chi connectivity index (χ4n) is 10.2. The highest BCUT2D eigenvalue weighted by molar-refractivity contribution is 6.20. The van der Waals surface area contributed by atoms with E-state index in [0.717, 1.165) is 48.8 Å². The molecule has 0 aromatic heterocycles. The zero-order valence-electron chi connectivity index (χ0n) is 28.0. The van der Waals surface area contributed by atoms with Crippen LogP contribution >= 0.6 is 0 Å². The Morgan fingerprint density at radius 2 is 1.32 bits per heavy atom. The molecule has 1 saturated carbocycles. The monoisotopic (exact) mass is 630 g/mol. The van der Waals surface area contributed by atoms with Crippen LogP contribution in [0, 0.1) is 34.5 Å². The third-order valence-corrected chi connectivity index (χ3v) is 12.7. The Morgan fingerprint density at radius 1 is 0.681 bits per heavy atom. The quantitative estimate of drug-likeness (QED) is 0.166. The van der Waals surface area contributed by atoms with Crippen molar-refractivity contribution in [2.75, 3.05) is 0 Å². The van der Waals surface area contributed by atoms with Gasteiger partial charge >= 0.3 is 0 Å². The van der Waals surface area contributed by atoms with E-state index in [0.29, 0.717) is 61.7 Å². The molecule has 0 radical (unpaired) electrons. The predicted octanol–water partition coefficient (Wildman–Crippen LogP) is 8.15. The average molecular weight is 631 g/mol. The zero-order valence-corrected chi connectivity index (χ0v) is 28.0. The lowest BCUT2D eigenvalue weighted by atomic mass is 9.41. The van der Waals surface area contributed by atoms with Crippen LogP contribution in [0.1, 0.15) is 97.8 Å². The van der Waals surface area contributed by atoms with Crippen LogP contribution in [-0.4, -0.2) is 29.4 Å². The van der Waals surface area contributed by atoms with E-state index in [-0.39, 0.29) is 46.8 Å². The third kappa shape index (κ3) is 5.44. The molecule has 0 N–H and O–H groups in total. The van der Waals surface area contributed by atoms with Gasteiger partial charge in [0.05, 0.1) is 0 Å². The summed E-state index contributed by atoms with van der Waals surface area (Å²) in [6.07, 6.45) is 25.1. The summed E-state index contributed by atoms with van der Waals surface area (Å²) in [5, 5.41) is 0. The topological polar surface area (TPSA) is 85.3 Å². The maximum absolute atomic E-state index is 14.4. The molecular formula is C42H46O5. The summed E-state index contributed by atoms with van der Waals surface area (Å²) in [5.41, 5.74) is 6.15. The van der Waals surface area contributed by atoms with Gasteiger partial charge in [-0.05, 0) is 134 Å². The lowest BCUT2D eigenvalue weighted by Crippen LogP contribution is -2.60. The molecule has 0 aromatic carbocycles. The second kappa shape index (κ2) is 12.1. The predicted molar refractivity (Wildman–Crippen MR) is 182 cm³/mol. The fourth-order valence-corrected chi connectivity index (χ4v) is 10.2. The summed E-state index contributed by atoms with van der Waals surface area (Å²) < 4.78 is 0. The van der Waals surface area contributed by atoms with Crippen molar-refractivity contribution >= 4 is 29.4 Å². The van der Waals surface area contributed by atoms with E-state index in [2.05, 4.69) is 38.2 Å². The fraction of sp³-hybridized carbons (Fsp3) is 0.500. The van der Waals surface area contributed by atoms with Crippen molar-refractivity contribution in [3.05, 3.63) is 93.2 Å². The Bertz CT molecular complexity index is 1730. The molecule has 244 valence electrons. The third-order valence-electron chi connectivity index (χ3n) is 12.7. The molecule has 0 amide bonds. The number of rotatable bonds is 1. The van der Waals surface area contributed by atoms with Crippen LogP contribution in [0.4, 0.5) is 0 Å². The van der Waals surface area contributed by atoms with Crippen molar-refractivity contribution in [1.29, 1.82) is 0 Å². The van der Waals surface area contributed by atoms with E-state index in [1.165, 1.54) is 29.6 Å². The number of carbonyl (C=O) groups is 5. The molecule has 5 nitrogen and oxygen atoms in total. The Kier molecular flexibility index (Phi) is 8.17. The van der Waals surface area contributed by atoms with Gasteiger partial charge in [0.2, 0.25) is 0 Å². The number of carbonyl (C=O) groups excluding carboxylic acids is 5. The summed E-state index contributed by atoms with van der Waals surface area (Å²) in [6.45, 7) is 6.13. The molecule has 6 atom stereocenters. The maximum Gasteiger partial charge on any atom is 0.182 e. The molecule has 7 bridgehead atoms. The van der Waals surface area contributed by atoms with E-state index in [1.54, 1.807) is 6.08 Å². The number of fused-ring (bicyclic) bond motifs is 10. The number of hydrogen-bond donors (Lipinski definition) is 0. The highest BCUT2D eigenvalue weighted by Gasteiger charge is 2.65. The summed E-state index contributed by atoms with van der Waals surface area (Å²) in [5.74, 6) is -0.529. The number of ketones is 4. The summed E-state index contributed by atoms with van der Waals surface area (Å²) in [6, 6.07) is 0. The lowest BCUT2D eigenvalue weighted by Gasteiger charge is -2.60. The maximum atomic E-state index is 14.4. The van der Waals surface area contributed by atoms with Crippen molar-refractivity contribution < 1.29 is 24.0 Å². The van der Waals surface area contributed by atoms with Gasteiger partial charge in [0.15, 0.2) is 23.1 Å². The molecule has 0 aliphatic heterocycles. The largest absolute Gasteiger partial charge is 0.303 e. The molecular weight excluding hydrogens is 584 g/mol. The van der Waals surface area contributed by atoms with Crippen molar-refractivity contribution in [2.45, 2.75) is 97.8 Å². The van der Waals surface area contributed by atoms with Crippen molar-refractivity contribution in [2.24, 2.45) is 34.5 Å². The Labute approximate surface area is 278 Å². The van der Waals surface area contributed by atoms with Gasteiger partial charge < -0.3 is 4.79 Å². The minimum absolute atomic E-state index is 0.0280. The molecule has 0 heterocycles. The van der Waals surface area contributed by atoms with Crippen molar-refractivity contribution in [1.82, 2.24) is 0 Å². The normalized spacial score (nSPS) is 39.3. The average Bonchev–Trinajstić information content (AvgIpc) is 3.02. The number of allylic oxidation sites excluding steroid dienone is 16. The molecule has 5 heteroatoms. The molecule has 0 saturated heterocycles. The molecule has 47 heavy (non-hydrogen) atoms. The summed E-state index contributed by atoms with van der Waals surface area (Å²) in [4.78, 5) is 68.0. The van der Waals surface area contributed by atoms with Gasteiger partial charge in [0, 0.05) is 33.5 Å². The van der Waals surface area contributed by atoms with Crippen LogP contribution in [-0.2, 0) is 24.0 Å². The van der Waals surface area contributed by atoms with Crippen LogP contribution in [0.2, 0.25) is 0 Å². The zero-order chi connectivity index (χ0) is 33.1. The van der Waals surface area contributed by atoms with Gasteiger partial charge in [-0.3, -0.25) is 19.2 Å². The minimum Gasteiger partial charge on any atom is -0.303 e. The van der Waals surface area contributed by atoms with Gasteiger partial charge in [-0.25, -0.2) is 0 Å². The SMILES string of the molecule is C/C1=C/CCC2=C[C@@H](C/C(C)=C\CC3=CC(=O)C(=CC3=O)C1)[C@]1(C=O)C[C@@H]3C=C4CC/C=C(/C)CC5=CC(=O)[C@@]3(C[C@@H]1C2)[C@H](C4)C5=O. The smallest absolute Gasteiger partial charge is 0.182 e. The van der Waals surface area contributed by atoms with Gasteiger partial charge in [-0.1, -0.05) is 58.2 Å². The van der Waals surface area contributed by atoms with Crippen LogP contribution < -0.4 is 0 Å². The molecule has 8 aliphatic carbocycles. The van der Waals surface area contributed by atoms with E-state index in [1.807, 2.05) is 13.0 Å². The Morgan fingerprint density at radius 3 is 2.04 bits per heavy atom. The van der Waals surface area contributed by atoms with Crippen molar-refractivity contribution in [3.63, 3.8) is 0 Å². The molecule has 1 fully saturated rings. The van der Waals surface area contributed by atoms with Crippen LogP contribution in [0.15, 0.2) is 93.2 Å². The second-order valence-electron chi connectivity index (χ2n) is 15.7. The highest BCUT2D eigenvalue weighted by atomic mass is 16.1. The molecule has 0 aromatic rings. The first-order chi connectivity index (χ1) is 22.5. The number of aldehydes is 1. The Hall–Kier alpha value is -3.73. The second-order valence-corrected chi connectivity index (χ2v) is 15.7. The first kappa shape index (κ1) is 31.8. The van der Waals surface area contributed by atoms with E-state index < -0.39 is 10.8 Å². The lowest BCUT2D eigenvalue weighted by molar-refractivity contribution is -0.156. The first-order valence-corrected chi connectivity index (χ1v) is 17.6. The summed E-state index contributed by atoms with van der Waals surface area (Å²) in [7, 11) is 0. The van der Waals surface area contributed by atoms with Crippen LogP contribution in [0.5, 0.6) is 0 Å². The van der Waals surface area contributed by atoms with Crippen LogP contribution in [0.3, 0.4) is 0 Å². The molecule has 1 spiro atoms. The van der Waals surface area contributed by atoms with Gasteiger partial charge in [0.1, 0.15) is 6.29 Å². The minimum atomic E-state index is -0.782. The van der Waals surface area contributed by atoms with Gasteiger partial charge in [-0.2, -0.15) is 0 Å². The van der Waals surface area contributed by atoms with Gasteiger partial charge in [0.25, 0.3) is 0 Å². The first-order valence-electron chi connectivity index (χ1n) is 17.6. The number of Topliss-reactive ketones (excluding diaryl/α,β-unsaturated/α-hetero) is 1. The van der Waals surface area contributed by atoms with Crippen LogP contribution in [0.25, 0.3) is 0 Å². The van der Waals surface area contributed by atoms with E-state index in [4.69, 9.17) is 0 Å². The van der Waals surface area contributed by atoms with E-state index in [9.17, 15) is 24.0 Å².